The van der Waals surface area contributed by atoms with E-state index in [0.29, 0.717) is 13.0 Å². The van der Waals surface area contributed by atoms with E-state index >= 15 is 0 Å². The van der Waals surface area contributed by atoms with Gasteiger partial charge in [-0.1, -0.05) is 19.1 Å². The highest BCUT2D eigenvalue weighted by atomic mass is 16.6. The van der Waals surface area contributed by atoms with Crippen LogP contribution in [0.1, 0.15) is 39.0 Å². The Hall–Kier alpha value is -0.830. The molecule has 0 N–H and O–H groups in total. The molecule has 1 aliphatic rings. The third kappa shape index (κ3) is 7.14. The molecule has 1 rings (SSSR count). The van der Waals surface area contributed by atoms with Crippen molar-refractivity contribution in [3.63, 3.8) is 0 Å². The molecule has 3 nitrogen and oxygen atoms in total. The SMILES string of the molecule is CC/C=C/CCCCC(=O)OCC1CO1. The van der Waals surface area contributed by atoms with Gasteiger partial charge >= 0.3 is 5.97 Å². The summed E-state index contributed by atoms with van der Waals surface area (Å²) in [7, 11) is 0. The molecular formula is C12H20O3. The summed E-state index contributed by atoms with van der Waals surface area (Å²) in [6.07, 6.45) is 9.17. The lowest BCUT2D eigenvalue weighted by atomic mass is 10.2. The lowest BCUT2D eigenvalue weighted by molar-refractivity contribution is -0.144. The molecule has 1 heterocycles. The fraction of sp³-hybridized carbons (Fsp3) is 0.750. The van der Waals surface area contributed by atoms with E-state index in [9.17, 15) is 4.79 Å². The summed E-state index contributed by atoms with van der Waals surface area (Å²) in [6, 6.07) is 0. The molecule has 1 fully saturated rings. The predicted molar refractivity (Wildman–Crippen MR) is 58.6 cm³/mol. The second kappa shape index (κ2) is 7.46. The predicted octanol–water partition coefficient (Wildman–Crippen LogP) is 2.46. The maximum Gasteiger partial charge on any atom is 0.305 e. The summed E-state index contributed by atoms with van der Waals surface area (Å²) in [5.74, 6) is -0.0926. The Kier molecular flexibility index (Phi) is 6.09. The minimum Gasteiger partial charge on any atom is -0.463 e. The van der Waals surface area contributed by atoms with Crippen molar-refractivity contribution in [1.82, 2.24) is 0 Å². The van der Waals surface area contributed by atoms with E-state index < -0.39 is 0 Å². The highest BCUT2D eigenvalue weighted by Gasteiger charge is 2.23. The van der Waals surface area contributed by atoms with Crippen molar-refractivity contribution in [2.24, 2.45) is 0 Å². The second-order valence-electron chi connectivity index (χ2n) is 3.76. The molecule has 0 saturated carbocycles. The second-order valence-corrected chi connectivity index (χ2v) is 3.76. The van der Waals surface area contributed by atoms with E-state index in [0.717, 1.165) is 32.3 Å². The molecule has 0 aliphatic carbocycles. The van der Waals surface area contributed by atoms with Crippen molar-refractivity contribution in [3.05, 3.63) is 12.2 Å². The quantitative estimate of drug-likeness (QED) is 0.268. The van der Waals surface area contributed by atoms with Gasteiger partial charge in [0.25, 0.3) is 0 Å². The zero-order chi connectivity index (χ0) is 10.9. The van der Waals surface area contributed by atoms with Crippen LogP contribution in [0.5, 0.6) is 0 Å². The molecule has 0 aromatic carbocycles. The number of esters is 1. The van der Waals surface area contributed by atoms with E-state index in [4.69, 9.17) is 9.47 Å². The smallest absolute Gasteiger partial charge is 0.305 e. The maximum atomic E-state index is 11.2. The Morgan fingerprint density at radius 2 is 2.27 bits per heavy atom. The first-order valence-corrected chi connectivity index (χ1v) is 5.75. The van der Waals surface area contributed by atoms with Gasteiger partial charge in [0.2, 0.25) is 0 Å². The number of epoxide rings is 1. The number of allylic oxidation sites excluding steroid dienone is 2. The third-order valence-corrected chi connectivity index (χ3v) is 2.24. The Morgan fingerprint density at radius 1 is 1.47 bits per heavy atom. The highest BCUT2D eigenvalue weighted by Crippen LogP contribution is 2.10. The molecule has 0 radical (unpaired) electrons. The summed E-state index contributed by atoms with van der Waals surface area (Å²) in [5.41, 5.74) is 0. The summed E-state index contributed by atoms with van der Waals surface area (Å²) >= 11 is 0. The summed E-state index contributed by atoms with van der Waals surface area (Å²) in [5, 5.41) is 0. The number of rotatable bonds is 8. The van der Waals surface area contributed by atoms with Gasteiger partial charge in [-0.2, -0.15) is 0 Å². The third-order valence-electron chi connectivity index (χ3n) is 2.24. The molecule has 1 atom stereocenters. The zero-order valence-electron chi connectivity index (χ0n) is 9.41. The van der Waals surface area contributed by atoms with Crippen LogP contribution in [-0.2, 0) is 14.3 Å². The fourth-order valence-electron chi connectivity index (χ4n) is 1.24. The summed E-state index contributed by atoms with van der Waals surface area (Å²) in [4.78, 5) is 11.2. The van der Waals surface area contributed by atoms with Crippen molar-refractivity contribution in [2.45, 2.75) is 45.1 Å². The van der Waals surface area contributed by atoms with E-state index in [1.54, 1.807) is 0 Å². The van der Waals surface area contributed by atoms with Crippen LogP contribution in [0.15, 0.2) is 12.2 Å². The van der Waals surface area contributed by atoms with Crippen LogP contribution < -0.4 is 0 Å². The first-order valence-electron chi connectivity index (χ1n) is 5.75. The van der Waals surface area contributed by atoms with E-state index in [-0.39, 0.29) is 12.1 Å². The van der Waals surface area contributed by atoms with Crippen molar-refractivity contribution in [1.29, 1.82) is 0 Å². The van der Waals surface area contributed by atoms with Gasteiger partial charge in [0.05, 0.1) is 6.61 Å². The van der Waals surface area contributed by atoms with E-state index in [2.05, 4.69) is 19.1 Å². The van der Waals surface area contributed by atoms with Gasteiger partial charge in [-0.25, -0.2) is 0 Å². The summed E-state index contributed by atoms with van der Waals surface area (Å²) < 4.78 is 9.95. The normalized spacial score (nSPS) is 19.4. The Balaban J connectivity index is 1.85. The molecule has 0 aromatic heterocycles. The first kappa shape index (κ1) is 12.2. The van der Waals surface area contributed by atoms with Crippen molar-refractivity contribution in [2.75, 3.05) is 13.2 Å². The van der Waals surface area contributed by atoms with Crippen molar-refractivity contribution >= 4 is 5.97 Å². The number of hydrogen-bond acceptors (Lipinski definition) is 3. The minimum atomic E-state index is -0.0926. The largest absolute Gasteiger partial charge is 0.463 e. The number of hydrogen-bond donors (Lipinski definition) is 0. The Labute approximate surface area is 91.4 Å². The van der Waals surface area contributed by atoms with Crippen LogP contribution in [0.3, 0.4) is 0 Å². The molecule has 0 aromatic rings. The molecule has 1 unspecified atom stereocenters. The van der Waals surface area contributed by atoms with Crippen LogP contribution in [0, 0.1) is 0 Å². The number of carbonyl (C=O) groups is 1. The number of unbranched alkanes of at least 4 members (excludes halogenated alkanes) is 2. The van der Waals surface area contributed by atoms with Crippen LogP contribution >= 0.6 is 0 Å². The van der Waals surface area contributed by atoms with Gasteiger partial charge in [0.1, 0.15) is 12.7 Å². The topological polar surface area (TPSA) is 38.8 Å². The standard InChI is InChI=1S/C12H20O3/c1-2-3-4-5-6-7-8-12(13)15-10-11-9-14-11/h3-4,11H,2,5-10H2,1H3/b4-3+. The van der Waals surface area contributed by atoms with Gasteiger partial charge < -0.3 is 9.47 Å². The van der Waals surface area contributed by atoms with Gasteiger partial charge in [-0.15, -0.1) is 0 Å². The molecule has 86 valence electrons. The molecule has 15 heavy (non-hydrogen) atoms. The lowest BCUT2D eigenvalue weighted by Crippen LogP contribution is -2.09. The molecule has 0 amide bonds. The summed E-state index contributed by atoms with van der Waals surface area (Å²) in [6.45, 7) is 3.30. The zero-order valence-corrected chi connectivity index (χ0v) is 9.41. The maximum absolute atomic E-state index is 11.2. The van der Waals surface area contributed by atoms with Gasteiger partial charge in [-0.05, 0) is 25.7 Å². The van der Waals surface area contributed by atoms with Crippen LogP contribution in [0.25, 0.3) is 0 Å². The molecule has 0 bridgehead atoms. The lowest BCUT2D eigenvalue weighted by Gasteiger charge is -2.01. The minimum absolute atomic E-state index is 0.0926. The van der Waals surface area contributed by atoms with Crippen LogP contribution in [0.2, 0.25) is 0 Å². The first-order chi connectivity index (χ1) is 7.33. The highest BCUT2D eigenvalue weighted by molar-refractivity contribution is 5.69. The van der Waals surface area contributed by atoms with Crippen LogP contribution in [-0.4, -0.2) is 25.3 Å². The molecule has 1 saturated heterocycles. The average molecular weight is 212 g/mol. The Morgan fingerprint density at radius 3 is 2.93 bits per heavy atom. The molecule has 3 heteroatoms. The molecule has 0 spiro atoms. The van der Waals surface area contributed by atoms with Gasteiger partial charge in [0.15, 0.2) is 0 Å². The van der Waals surface area contributed by atoms with Gasteiger partial charge in [0, 0.05) is 6.42 Å². The number of carbonyl (C=O) groups excluding carboxylic acids is 1. The number of ether oxygens (including phenoxy) is 2. The fourth-order valence-corrected chi connectivity index (χ4v) is 1.24. The molecular weight excluding hydrogens is 192 g/mol. The molecule has 1 aliphatic heterocycles. The van der Waals surface area contributed by atoms with Crippen LogP contribution in [0.4, 0.5) is 0 Å². The van der Waals surface area contributed by atoms with Crippen molar-refractivity contribution in [3.8, 4) is 0 Å². The van der Waals surface area contributed by atoms with Gasteiger partial charge in [-0.3, -0.25) is 4.79 Å². The Bertz CT molecular complexity index is 207. The van der Waals surface area contributed by atoms with E-state index in [1.807, 2.05) is 0 Å². The average Bonchev–Trinajstić information content (AvgIpc) is 3.04. The van der Waals surface area contributed by atoms with Crippen molar-refractivity contribution < 1.29 is 14.3 Å². The monoisotopic (exact) mass is 212 g/mol. The van der Waals surface area contributed by atoms with E-state index in [1.165, 1.54) is 0 Å².